The number of aromatic nitrogens is 2. The van der Waals surface area contributed by atoms with Crippen LogP contribution in [0, 0.1) is 0 Å². The molecule has 4 rings (SSSR count). The van der Waals surface area contributed by atoms with Gasteiger partial charge < -0.3 is 10.3 Å². The number of anilines is 1. The molecule has 2 heterocycles. The van der Waals surface area contributed by atoms with Crippen molar-refractivity contribution < 1.29 is 0 Å². The van der Waals surface area contributed by atoms with Crippen LogP contribution in [0.15, 0.2) is 72.1 Å². The summed E-state index contributed by atoms with van der Waals surface area (Å²) in [4.78, 5) is 7.36. The molecule has 122 valence electrons. The van der Waals surface area contributed by atoms with Gasteiger partial charge in [-0.15, -0.1) is 0 Å². The summed E-state index contributed by atoms with van der Waals surface area (Å²) in [7, 11) is 0. The van der Waals surface area contributed by atoms with Crippen LogP contribution in [-0.4, -0.2) is 21.3 Å². The summed E-state index contributed by atoms with van der Waals surface area (Å²) in [6, 6.07) is 18.1. The van der Waals surface area contributed by atoms with Gasteiger partial charge in [-0.05, 0) is 35.8 Å². The Kier molecular flexibility index (Phi) is 4.10. The molecular formula is C19H15N5S. The number of hydrogen-bond donors (Lipinski definition) is 3. The topological polar surface area (TPSA) is 65.1 Å². The molecule has 2 aromatic carbocycles. The van der Waals surface area contributed by atoms with Gasteiger partial charge in [-0.25, -0.2) is 4.98 Å². The van der Waals surface area contributed by atoms with Crippen LogP contribution in [0.1, 0.15) is 5.56 Å². The predicted octanol–water partition coefficient (Wildman–Crippen LogP) is 4.04. The number of thiocarbonyl (C=S) groups is 1. The monoisotopic (exact) mass is 345 g/mol. The quantitative estimate of drug-likeness (QED) is 0.298. The van der Waals surface area contributed by atoms with Crippen LogP contribution in [0.3, 0.4) is 0 Å². The Balaban J connectivity index is 1.47. The summed E-state index contributed by atoms with van der Waals surface area (Å²) < 4.78 is 0. The van der Waals surface area contributed by atoms with E-state index in [1.165, 1.54) is 0 Å². The van der Waals surface area contributed by atoms with Crippen molar-refractivity contribution in [1.82, 2.24) is 15.4 Å². The molecule has 0 aliphatic rings. The standard InChI is InChI=1S/C19H15N5S/c25-19(23-17-9-3-6-13-5-1-2-7-15(13)17)24-22-12-14-11-21-18-16(14)8-4-10-20-18/h1-12H,(H,20,21)(H2,23,24,25)/b22-12+. The minimum absolute atomic E-state index is 0.436. The normalized spacial score (nSPS) is 11.2. The number of hydrogen-bond acceptors (Lipinski definition) is 3. The predicted molar refractivity (Wildman–Crippen MR) is 107 cm³/mol. The lowest BCUT2D eigenvalue weighted by atomic mass is 10.1. The minimum atomic E-state index is 0.436. The first-order valence-corrected chi connectivity index (χ1v) is 8.22. The molecule has 5 nitrogen and oxygen atoms in total. The smallest absolute Gasteiger partial charge is 0.191 e. The number of nitrogens with zero attached hydrogens (tertiary/aromatic N) is 2. The first-order valence-electron chi connectivity index (χ1n) is 7.81. The molecule has 0 fully saturated rings. The van der Waals surface area contributed by atoms with Crippen molar-refractivity contribution in [1.29, 1.82) is 0 Å². The third kappa shape index (κ3) is 3.20. The molecule has 0 aliphatic carbocycles. The van der Waals surface area contributed by atoms with E-state index in [2.05, 4.69) is 44.0 Å². The second-order valence-corrected chi connectivity index (χ2v) is 5.90. The van der Waals surface area contributed by atoms with Gasteiger partial charge in [0.2, 0.25) is 0 Å². The lowest BCUT2D eigenvalue weighted by Crippen LogP contribution is -2.23. The molecule has 3 N–H and O–H groups in total. The van der Waals surface area contributed by atoms with Crippen LogP contribution in [0.4, 0.5) is 5.69 Å². The van der Waals surface area contributed by atoms with Crippen molar-refractivity contribution in [3.63, 3.8) is 0 Å². The van der Waals surface area contributed by atoms with Gasteiger partial charge in [0.15, 0.2) is 5.11 Å². The molecule has 0 saturated heterocycles. The Bertz CT molecular complexity index is 1080. The van der Waals surface area contributed by atoms with Crippen LogP contribution in [-0.2, 0) is 0 Å². The second kappa shape index (κ2) is 6.70. The summed E-state index contributed by atoms with van der Waals surface area (Å²) in [5.41, 5.74) is 5.58. The Morgan fingerprint density at radius 1 is 1.04 bits per heavy atom. The molecule has 0 unspecified atom stereocenters. The van der Waals surface area contributed by atoms with Gasteiger partial charge in [-0.2, -0.15) is 5.10 Å². The number of pyridine rings is 1. The number of aromatic amines is 1. The Morgan fingerprint density at radius 3 is 2.84 bits per heavy atom. The van der Waals surface area contributed by atoms with E-state index in [9.17, 15) is 0 Å². The van der Waals surface area contributed by atoms with E-state index in [1.54, 1.807) is 12.4 Å². The van der Waals surface area contributed by atoms with E-state index in [0.29, 0.717) is 5.11 Å². The molecule has 0 saturated carbocycles. The van der Waals surface area contributed by atoms with Gasteiger partial charge in [0, 0.05) is 34.4 Å². The summed E-state index contributed by atoms with van der Waals surface area (Å²) >= 11 is 5.33. The average molecular weight is 345 g/mol. The third-order valence-electron chi connectivity index (χ3n) is 3.89. The molecule has 4 aromatic rings. The third-order valence-corrected chi connectivity index (χ3v) is 4.08. The van der Waals surface area contributed by atoms with Crippen molar-refractivity contribution in [2.24, 2.45) is 5.10 Å². The summed E-state index contributed by atoms with van der Waals surface area (Å²) in [6.07, 6.45) is 5.34. The number of nitrogens with one attached hydrogen (secondary N) is 3. The number of H-pyrrole nitrogens is 1. The van der Waals surface area contributed by atoms with Crippen LogP contribution in [0.2, 0.25) is 0 Å². The zero-order valence-corrected chi connectivity index (χ0v) is 14.0. The molecule has 0 spiro atoms. The highest BCUT2D eigenvalue weighted by atomic mass is 32.1. The van der Waals surface area contributed by atoms with Crippen molar-refractivity contribution in [3.05, 3.63) is 72.6 Å². The number of benzene rings is 2. The number of hydrazone groups is 1. The Labute approximate surface area is 149 Å². The van der Waals surface area contributed by atoms with Crippen molar-refractivity contribution in [2.75, 3.05) is 5.32 Å². The highest BCUT2D eigenvalue weighted by Crippen LogP contribution is 2.22. The largest absolute Gasteiger partial charge is 0.345 e. The zero-order chi connectivity index (χ0) is 17.1. The van der Waals surface area contributed by atoms with Gasteiger partial charge in [0.05, 0.1) is 6.21 Å². The maximum atomic E-state index is 5.33. The Morgan fingerprint density at radius 2 is 1.88 bits per heavy atom. The van der Waals surface area contributed by atoms with Crippen molar-refractivity contribution in [3.8, 4) is 0 Å². The van der Waals surface area contributed by atoms with E-state index in [-0.39, 0.29) is 0 Å². The highest BCUT2D eigenvalue weighted by Gasteiger charge is 2.03. The van der Waals surface area contributed by atoms with E-state index in [0.717, 1.165) is 33.1 Å². The molecule has 2 aromatic heterocycles. The number of fused-ring (bicyclic) bond motifs is 2. The highest BCUT2D eigenvalue weighted by molar-refractivity contribution is 7.80. The van der Waals surface area contributed by atoms with E-state index in [4.69, 9.17) is 12.2 Å². The maximum Gasteiger partial charge on any atom is 0.191 e. The SMILES string of the molecule is S=C(N/N=C/c1c[nH]c2ncccc12)Nc1cccc2ccccc12. The van der Waals surface area contributed by atoms with Crippen LogP contribution in [0.25, 0.3) is 21.8 Å². The maximum absolute atomic E-state index is 5.33. The van der Waals surface area contributed by atoms with Crippen molar-refractivity contribution >= 4 is 51.0 Å². The molecule has 0 radical (unpaired) electrons. The van der Waals surface area contributed by atoms with Gasteiger partial charge in [0.25, 0.3) is 0 Å². The lowest BCUT2D eigenvalue weighted by Gasteiger charge is -2.09. The molecule has 0 amide bonds. The fourth-order valence-corrected chi connectivity index (χ4v) is 2.89. The van der Waals surface area contributed by atoms with E-state index < -0.39 is 0 Å². The lowest BCUT2D eigenvalue weighted by molar-refractivity contribution is 1.05. The van der Waals surface area contributed by atoms with Crippen LogP contribution in [0.5, 0.6) is 0 Å². The van der Waals surface area contributed by atoms with Crippen LogP contribution >= 0.6 is 12.2 Å². The molecule has 6 heteroatoms. The summed E-state index contributed by atoms with van der Waals surface area (Å²) in [6.45, 7) is 0. The Hall–Kier alpha value is -3.25. The average Bonchev–Trinajstić information content (AvgIpc) is 3.05. The second-order valence-electron chi connectivity index (χ2n) is 5.49. The first kappa shape index (κ1) is 15.3. The van der Waals surface area contributed by atoms with E-state index >= 15 is 0 Å². The number of rotatable bonds is 3. The molecule has 0 aliphatic heterocycles. The van der Waals surface area contributed by atoms with Gasteiger partial charge in [-0.1, -0.05) is 36.4 Å². The summed E-state index contributed by atoms with van der Waals surface area (Å²) in [5, 5.41) is 11.1. The van der Waals surface area contributed by atoms with Crippen molar-refractivity contribution in [2.45, 2.75) is 0 Å². The molecule has 0 atom stereocenters. The zero-order valence-electron chi connectivity index (χ0n) is 13.2. The van der Waals surface area contributed by atoms with E-state index in [1.807, 2.05) is 42.6 Å². The molecule has 25 heavy (non-hydrogen) atoms. The fraction of sp³-hybridized carbons (Fsp3) is 0. The van der Waals surface area contributed by atoms with Gasteiger partial charge in [-0.3, -0.25) is 5.43 Å². The molecular weight excluding hydrogens is 330 g/mol. The van der Waals surface area contributed by atoms with Gasteiger partial charge >= 0.3 is 0 Å². The molecule has 0 bridgehead atoms. The minimum Gasteiger partial charge on any atom is -0.345 e. The fourth-order valence-electron chi connectivity index (χ4n) is 2.73. The van der Waals surface area contributed by atoms with Gasteiger partial charge in [0.1, 0.15) is 5.65 Å². The summed E-state index contributed by atoms with van der Waals surface area (Å²) in [5.74, 6) is 0. The van der Waals surface area contributed by atoms with Crippen LogP contribution < -0.4 is 10.7 Å². The first-order chi connectivity index (χ1) is 12.3.